The molecule has 1 aliphatic rings. The van der Waals surface area contributed by atoms with Gasteiger partial charge in [-0.15, -0.1) is 0 Å². The van der Waals surface area contributed by atoms with Gasteiger partial charge in [0.25, 0.3) is 0 Å². The van der Waals surface area contributed by atoms with Gasteiger partial charge in [0.2, 0.25) is 5.91 Å². The maximum Gasteiger partial charge on any atom is 0.330 e. The molecule has 2 rings (SSSR count). The van der Waals surface area contributed by atoms with Crippen LogP contribution in [0.15, 0.2) is 24.3 Å². The molecular formula is C15H18F4N2O2. The Morgan fingerprint density at radius 3 is 2.87 bits per heavy atom. The second-order valence-electron chi connectivity index (χ2n) is 5.43. The van der Waals surface area contributed by atoms with Crippen molar-refractivity contribution in [3.8, 4) is 0 Å². The summed E-state index contributed by atoms with van der Waals surface area (Å²) in [6.07, 6.45) is -3.00. The predicted molar refractivity (Wildman–Crippen MR) is 76.7 cm³/mol. The maximum absolute atomic E-state index is 12.7. The Morgan fingerprint density at radius 2 is 2.22 bits per heavy atom. The summed E-state index contributed by atoms with van der Waals surface area (Å²) in [5.74, 6) is -4.38. The number of amides is 1. The number of benzene rings is 1. The molecule has 1 aromatic carbocycles. The topological polar surface area (TPSA) is 50.4 Å². The largest absolute Gasteiger partial charge is 0.370 e. The maximum atomic E-state index is 12.7. The highest BCUT2D eigenvalue weighted by Gasteiger charge is 2.40. The molecule has 0 aromatic heterocycles. The lowest BCUT2D eigenvalue weighted by Crippen LogP contribution is -2.32. The third-order valence-corrected chi connectivity index (χ3v) is 3.51. The average molecular weight is 334 g/mol. The molecular weight excluding hydrogens is 316 g/mol. The SMILES string of the molecule is O=C(Nc1cccc(COCC(F)(F)C(F)F)c1)[C@@H]1CCNC1. The Hall–Kier alpha value is -1.67. The second-order valence-corrected chi connectivity index (χ2v) is 5.43. The van der Waals surface area contributed by atoms with Crippen LogP contribution in [0.2, 0.25) is 0 Å². The van der Waals surface area contributed by atoms with Gasteiger partial charge in [-0.25, -0.2) is 8.78 Å². The molecule has 1 fully saturated rings. The predicted octanol–water partition coefficient (Wildman–Crippen LogP) is 2.65. The lowest BCUT2D eigenvalue weighted by Gasteiger charge is -2.15. The van der Waals surface area contributed by atoms with E-state index in [1.54, 1.807) is 24.3 Å². The molecule has 8 heteroatoms. The first-order valence-electron chi connectivity index (χ1n) is 7.23. The number of carbonyl (C=O) groups excluding carboxylic acids is 1. The molecule has 23 heavy (non-hydrogen) atoms. The molecule has 1 aliphatic heterocycles. The van der Waals surface area contributed by atoms with Crippen LogP contribution in [-0.2, 0) is 16.1 Å². The summed E-state index contributed by atoms with van der Waals surface area (Å²) in [6.45, 7) is -0.173. The molecule has 1 heterocycles. The van der Waals surface area contributed by atoms with Crippen LogP contribution < -0.4 is 10.6 Å². The standard InChI is InChI=1S/C15H18F4N2O2/c16-14(17)15(18,19)9-23-8-10-2-1-3-12(6-10)21-13(22)11-4-5-20-7-11/h1-3,6,11,14,20H,4-5,7-9H2,(H,21,22)/t11-/m1/s1. The van der Waals surface area contributed by atoms with Gasteiger partial charge in [-0.1, -0.05) is 12.1 Å². The molecule has 1 aromatic rings. The highest BCUT2D eigenvalue weighted by atomic mass is 19.3. The molecule has 0 unspecified atom stereocenters. The Labute approximate surface area is 131 Å². The number of alkyl halides is 4. The van der Waals surface area contributed by atoms with Crippen molar-refractivity contribution in [2.45, 2.75) is 25.4 Å². The number of rotatable bonds is 7. The van der Waals surface area contributed by atoms with Gasteiger partial charge in [0, 0.05) is 12.2 Å². The zero-order chi connectivity index (χ0) is 16.9. The fourth-order valence-electron chi connectivity index (χ4n) is 2.23. The van der Waals surface area contributed by atoms with Crippen LogP contribution in [0.5, 0.6) is 0 Å². The first-order chi connectivity index (χ1) is 10.9. The minimum atomic E-state index is -4.17. The highest BCUT2D eigenvalue weighted by molar-refractivity contribution is 5.92. The summed E-state index contributed by atoms with van der Waals surface area (Å²) < 4.78 is 54.1. The number of carbonyl (C=O) groups is 1. The van der Waals surface area contributed by atoms with Crippen molar-refractivity contribution in [3.63, 3.8) is 0 Å². The van der Waals surface area contributed by atoms with Crippen molar-refractivity contribution in [3.05, 3.63) is 29.8 Å². The summed E-state index contributed by atoms with van der Waals surface area (Å²) in [4.78, 5) is 12.0. The van der Waals surface area contributed by atoms with Crippen LogP contribution in [0.3, 0.4) is 0 Å². The van der Waals surface area contributed by atoms with Crippen LogP contribution in [0, 0.1) is 5.92 Å². The molecule has 1 atom stereocenters. The molecule has 1 saturated heterocycles. The van der Waals surface area contributed by atoms with Gasteiger partial charge in [0.15, 0.2) is 0 Å². The molecule has 2 N–H and O–H groups in total. The molecule has 1 amide bonds. The van der Waals surface area contributed by atoms with Crippen molar-refractivity contribution in [2.24, 2.45) is 5.92 Å². The summed E-state index contributed by atoms with van der Waals surface area (Å²) in [6, 6.07) is 6.47. The van der Waals surface area contributed by atoms with Crippen molar-refractivity contribution < 1.29 is 27.1 Å². The van der Waals surface area contributed by atoms with Crippen LogP contribution in [0.4, 0.5) is 23.2 Å². The number of hydrogen-bond donors (Lipinski definition) is 2. The van der Waals surface area contributed by atoms with Crippen LogP contribution >= 0.6 is 0 Å². The summed E-state index contributed by atoms with van der Waals surface area (Å²) in [7, 11) is 0. The third kappa shape index (κ3) is 5.18. The number of anilines is 1. The van der Waals surface area contributed by atoms with Crippen molar-refractivity contribution in [2.75, 3.05) is 25.0 Å². The van der Waals surface area contributed by atoms with Crippen molar-refractivity contribution in [1.82, 2.24) is 5.32 Å². The number of halogens is 4. The second kappa shape index (κ2) is 7.74. The van der Waals surface area contributed by atoms with E-state index in [2.05, 4.69) is 15.4 Å². The zero-order valence-corrected chi connectivity index (χ0v) is 12.3. The summed E-state index contributed by atoms with van der Waals surface area (Å²) in [5.41, 5.74) is 1.03. The van der Waals surface area contributed by atoms with Gasteiger partial charge in [-0.3, -0.25) is 4.79 Å². The van der Waals surface area contributed by atoms with E-state index < -0.39 is 19.0 Å². The minimum absolute atomic E-state index is 0.0976. The number of nitrogens with one attached hydrogen (secondary N) is 2. The van der Waals surface area contributed by atoms with Gasteiger partial charge >= 0.3 is 12.3 Å². The number of hydrogen-bond acceptors (Lipinski definition) is 3. The summed E-state index contributed by atoms with van der Waals surface area (Å²) >= 11 is 0. The van der Waals surface area contributed by atoms with Gasteiger partial charge in [0.1, 0.15) is 6.61 Å². The Balaban J connectivity index is 1.86. The van der Waals surface area contributed by atoms with E-state index in [4.69, 9.17) is 0 Å². The fraction of sp³-hybridized carbons (Fsp3) is 0.533. The molecule has 0 bridgehead atoms. The minimum Gasteiger partial charge on any atom is -0.370 e. The normalized spacial score (nSPS) is 18.4. The zero-order valence-electron chi connectivity index (χ0n) is 12.3. The third-order valence-electron chi connectivity index (χ3n) is 3.51. The van der Waals surface area contributed by atoms with Gasteiger partial charge in [-0.05, 0) is 30.7 Å². The highest BCUT2D eigenvalue weighted by Crippen LogP contribution is 2.23. The van der Waals surface area contributed by atoms with Crippen LogP contribution in [0.1, 0.15) is 12.0 Å². The van der Waals surface area contributed by atoms with E-state index in [0.717, 1.165) is 13.0 Å². The van der Waals surface area contributed by atoms with E-state index >= 15 is 0 Å². The van der Waals surface area contributed by atoms with E-state index in [1.807, 2.05) is 0 Å². The van der Waals surface area contributed by atoms with E-state index in [1.165, 1.54) is 0 Å². The van der Waals surface area contributed by atoms with Gasteiger partial charge in [0.05, 0.1) is 12.5 Å². The molecule has 4 nitrogen and oxygen atoms in total. The first-order valence-corrected chi connectivity index (χ1v) is 7.23. The molecule has 0 radical (unpaired) electrons. The Kier molecular flexibility index (Phi) is 5.95. The van der Waals surface area contributed by atoms with Crippen LogP contribution in [0.25, 0.3) is 0 Å². The van der Waals surface area contributed by atoms with Gasteiger partial charge in [-0.2, -0.15) is 8.78 Å². The molecule has 0 saturated carbocycles. The van der Waals surface area contributed by atoms with Crippen molar-refractivity contribution >= 4 is 11.6 Å². The monoisotopic (exact) mass is 334 g/mol. The Bertz CT molecular complexity index is 534. The lowest BCUT2D eigenvalue weighted by atomic mass is 10.1. The number of ether oxygens (including phenoxy) is 1. The quantitative estimate of drug-likeness (QED) is 0.754. The lowest BCUT2D eigenvalue weighted by molar-refractivity contribution is -0.168. The fourth-order valence-corrected chi connectivity index (χ4v) is 2.23. The van der Waals surface area contributed by atoms with Gasteiger partial charge < -0.3 is 15.4 Å². The Morgan fingerprint density at radius 1 is 1.43 bits per heavy atom. The average Bonchev–Trinajstić information content (AvgIpc) is 3.01. The van der Waals surface area contributed by atoms with E-state index in [9.17, 15) is 22.4 Å². The first kappa shape index (κ1) is 17.7. The molecule has 0 aliphatic carbocycles. The van der Waals surface area contributed by atoms with Crippen LogP contribution in [-0.4, -0.2) is 38.0 Å². The molecule has 128 valence electrons. The van der Waals surface area contributed by atoms with E-state index in [0.29, 0.717) is 17.8 Å². The van der Waals surface area contributed by atoms with E-state index in [-0.39, 0.29) is 18.4 Å². The molecule has 0 spiro atoms. The van der Waals surface area contributed by atoms with Crippen molar-refractivity contribution in [1.29, 1.82) is 0 Å². The smallest absolute Gasteiger partial charge is 0.330 e. The summed E-state index contributed by atoms with van der Waals surface area (Å²) in [5, 5.41) is 5.83.